The first-order valence-electron chi connectivity index (χ1n) is 6.90. The number of fused-ring (bicyclic) bond motifs is 1. The molecule has 0 saturated carbocycles. The SMILES string of the molecule is C=C(C(=O)O)C12CC(c3ccccc3)OC1CCCO2. The van der Waals surface area contributed by atoms with E-state index in [-0.39, 0.29) is 17.8 Å². The van der Waals surface area contributed by atoms with Crippen LogP contribution in [0.1, 0.15) is 30.9 Å². The number of ether oxygens (including phenoxy) is 2. The van der Waals surface area contributed by atoms with E-state index in [1.54, 1.807) is 0 Å². The molecule has 3 rings (SSSR count). The number of carboxylic acid groups (broad SMARTS) is 1. The molecule has 2 saturated heterocycles. The fourth-order valence-electron chi connectivity index (χ4n) is 3.19. The minimum Gasteiger partial charge on any atom is -0.478 e. The molecule has 0 amide bonds. The fraction of sp³-hybridized carbons (Fsp3) is 0.438. The quantitative estimate of drug-likeness (QED) is 0.861. The molecule has 1 N–H and O–H groups in total. The summed E-state index contributed by atoms with van der Waals surface area (Å²) in [6.45, 7) is 4.30. The molecule has 0 aliphatic carbocycles. The van der Waals surface area contributed by atoms with Crippen LogP contribution in [-0.4, -0.2) is 29.4 Å². The van der Waals surface area contributed by atoms with Crippen molar-refractivity contribution in [2.75, 3.05) is 6.61 Å². The Morgan fingerprint density at radius 1 is 1.35 bits per heavy atom. The summed E-state index contributed by atoms with van der Waals surface area (Å²) in [6, 6.07) is 9.87. The highest BCUT2D eigenvalue weighted by molar-refractivity contribution is 5.88. The van der Waals surface area contributed by atoms with Gasteiger partial charge in [0, 0.05) is 13.0 Å². The van der Waals surface area contributed by atoms with Crippen LogP contribution in [0.3, 0.4) is 0 Å². The molecule has 0 spiro atoms. The molecule has 3 unspecified atom stereocenters. The van der Waals surface area contributed by atoms with Gasteiger partial charge in [0.15, 0.2) is 0 Å². The summed E-state index contributed by atoms with van der Waals surface area (Å²) in [4.78, 5) is 11.3. The Bertz CT molecular complexity index is 525. The van der Waals surface area contributed by atoms with E-state index in [1.807, 2.05) is 30.3 Å². The van der Waals surface area contributed by atoms with Crippen molar-refractivity contribution in [3.05, 3.63) is 48.0 Å². The predicted molar refractivity (Wildman–Crippen MR) is 73.4 cm³/mol. The molecule has 1 aromatic carbocycles. The number of hydrogen-bond donors (Lipinski definition) is 1. The second kappa shape index (κ2) is 5.04. The van der Waals surface area contributed by atoms with Crippen molar-refractivity contribution in [2.45, 2.75) is 37.1 Å². The average Bonchev–Trinajstić information content (AvgIpc) is 2.88. The summed E-state index contributed by atoms with van der Waals surface area (Å²) >= 11 is 0. The van der Waals surface area contributed by atoms with Crippen LogP contribution >= 0.6 is 0 Å². The third kappa shape index (κ3) is 2.05. The van der Waals surface area contributed by atoms with Crippen LogP contribution in [0.5, 0.6) is 0 Å². The van der Waals surface area contributed by atoms with E-state index >= 15 is 0 Å². The highest BCUT2D eigenvalue weighted by atomic mass is 16.6. The van der Waals surface area contributed by atoms with Crippen LogP contribution < -0.4 is 0 Å². The number of carbonyl (C=O) groups is 1. The molecule has 2 aliphatic heterocycles. The van der Waals surface area contributed by atoms with E-state index in [0.717, 1.165) is 18.4 Å². The van der Waals surface area contributed by atoms with Crippen molar-refractivity contribution >= 4 is 5.97 Å². The summed E-state index contributed by atoms with van der Waals surface area (Å²) in [6.07, 6.45) is 1.88. The predicted octanol–water partition coefficient (Wildman–Crippen LogP) is 2.71. The van der Waals surface area contributed by atoms with Crippen LogP contribution in [-0.2, 0) is 14.3 Å². The normalized spacial score (nSPS) is 32.6. The van der Waals surface area contributed by atoms with E-state index in [4.69, 9.17) is 9.47 Å². The zero-order valence-corrected chi connectivity index (χ0v) is 11.2. The Labute approximate surface area is 118 Å². The van der Waals surface area contributed by atoms with Crippen molar-refractivity contribution in [3.63, 3.8) is 0 Å². The third-order valence-electron chi connectivity index (χ3n) is 4.25. The van der Waals surface area contributed by atoms with Crippen LogP contribution in [0, 0.1) is 0 Å². The van der Waals surface area contributed by atoms with E-state index < -0.39 is 11.6 Å². The van der Waals surface area contributed by atoms with Gasteiger partial charge in [0.2, 0.25) is 0 Å². The lowest BCUT2D eigenvalue weighted by molar-refractivity contribution is -0.143. The van der Waals surface area contributed by atoms with Crippen LogP contribution in [0.4, 0.5) is 0 Å². The molecule has 2 aliphatic rings. The Morgan fingerprint density at radius 3 is 2.80 bits per heavy atom. The summed E-state index contributed by atoms with van der Waals surface area (Å²) < 4.78 is 11.9. The lowest BCUT2D eigenvalue weighted by Crippen LogP contribution is -2.48. The zero-order chi connectivity index (χ0) is 14.2. The van der Waals surface area contributed by atoms with E-state index in [1.165, 1.54) is 0 Å². The van der Waals surface area contributed by atoms with Crippen molar-refractivity contribution in [2.24, 2.45) is 0 Å². The largest absolute Gasteiger partial charge is 0.478 e. The van der Waals surface area contributed by atoms with Gasteiger partial charge >= 0.3 is 5.97 Å². The van der Waals surface area contributed by atoms with Gasteiger partial charge in [-0.3, -0.25) is 0 Å². The molecule has 0 bridgehead atoms. The molecular weight excluding hydrogens is 256 g/mol. The zero-order valence-electron chi connectivity index (χ0n) is 11.2. The maximum atomic E-state index is 11.3. The molecular formula is C16H18O4. The number of rotatable bonds is 3. The summed E-state index contributed by atoms with van der Waals surface area (Å²) in [5, 5.41) is 9.30. The maximum absolute atomic E-state index is 11.3. The van der Waals surface area contributed by atoms with Gasteiger partial charge in [-0.1, -0.05) is 36.9 Å². The van der Waals surface area contributed by atoms with Gasteiger partial charge in [0.25, 0.3) is 0 Å². The van der Waals surface area contributed by atoms with Crippen molar-refractivity contribution in [3.8, 4) is 0 Å². The molecule has 2 heterocycles. The van der Waals surface area contributed by atoms with Gasteiger partial charge in [0.1, 0.15) is 5.60 Å². The van der Waals surface area contributed by atoms with E-state index in [0.29, 0.717) is 13.0 Å². The first kappa shape index (κ1) is 13.3. The number of benzene rings is 1. The summed E-state index contributed by atoms with van der Waals surface area (Å²) in [7, 11) is 0. The molecule has 2 fully saturated rings. The summed E-state index contributed by atoms with van der Waals surface area (Å²) in [5.74, 6) is -1.01. The standard InChI is InChI=1S/C16H18O4/c1-11(15(17)18)16-10-13(12-6-3-2-4-7-12)20-14(16)8-5-9-19-16/h2-4,6-7,13-14H,1,5,8-10H2,(H,17,18). The second-order valence-electron chi connectivity index (χ2n) is 5.39. The molecule has 1 aromatic rings. The van der Waals surface area contributed by atoms with Crippen molar-refractivity contribution < 1.29 is 19.4 Å². The Hall–Kier alpha value is -1.65. The van der Waals surface area contributed by atoms with Crippen molar-refractivity contribution in [1.29, 1.82) is 0 Å². The van der Waals surface area contributed by atoms with Gasteiger partial charge in [-0.25, -0.2) is 4.79 Å². The Balaban J connectivity index is 1.92. The molecule has 3 atom stereocenters. The van der Waals surface area contributed by atoms with Gasteiger partial charge < -0.3 is 14.6 Å². The minimum atomic E-state index is -1.01. The maximum Gasteiger partial charge on any atom is 0.334 e. The number of aliphatic carboxylic acids is 1. The lowest BCUT2D eigenvalue weighted by Gasteiger charge is -2.37. The third-order valence-corrected chi connectivity index (χ3v) is 4.25. The lowest BCUT2D eigenvalue weighted by atomic mass is 9.81. The van der Waals surface area contributed by atoms with Crippen LogP contribution in [0.15, 0.2) is 42.5 Å². The van der Waals surface area contributed by atoms with E-state index in [2.05, 4.69) is 6.58 Å². The fourth-order valence-corrected chi connectivity index (χ4v) is 3.19. The Morgan fingerprint density at radius 2 is 2.10 bits per heavy atom. The minimum absolute atomic E-state index is 0.112. The topological polar surface area (TPSA) is 55.8 Å². The smallest absolute Gasteiger partial charge is 0.334 e. The molecule has 0 aromatic heterocycles. The Kier molecular flexibility index (Phi) is 3.36. The molecule has 106 valence electrons. The van der Waals surface area contributed by atoms with Gasteiger partial charge in [-0.2, -0.15) is 0 Å². The monoisotopic (exact) mass is 274 g/mol. The average molecular weight is 274 g/mol. The molecule has 4 heteroatoms. The van der Waals surface area contributed by atoms with Gasteiger partial charge in [0.05, 0.1) is 17.8 Å². The first-order valence-corrected chi connectivity index (χ1v) is 6.90. The van der Waals surface area contributed by atoms with Crippen molar-refractivity contribution in [1.82, 2.24) is 0 Å². The summed E-state index contributed by atoms with van der Waals surface area (Å²) in [5.41, 5.74) is 0.300. The van der Waals surface area contributed by atoms with E-state index in [9.17, 15) is 9.90 Å². The van der Waals surface area contributed by atoms with Crippen LogP contribution in [0.2, 0.25) is 0 Å². The highest BCUT2D eigenvalue weighted by Gasteiger charge is 2.54. The molecule has 20 heavy (non-hydrogen) atoms. The molecule has 4 nitrogen and oxygen atoms in total. The first-order chi connectivity index (χ1) is 9.63. The van der Waals surface area contributed by atoms with Gasteiger partial charge in [-0.15, -0.1) is 0 Å². The number of hydrogen-bond acceptors (Lipinski definition) is 3. The second-order valence-corrected chi connectivity index (χ2v) is 5.39. The van der Waals surface area contributed by atoms with Gasteiger partial charge in [-0.05, 0) is 18.4 Å². The van der Waals surface area contributed by atoms with Crippen LogP contribution in [0.25, 0.3) is 0 Å². The number of carboxylic acids is 1. The molecule has 0 radical (unpaired) electrons. The highest BCUT2D eigenvalue weighted by Crippen LogP contribution is 2.49.